The number of hydrogen-bond acceptors (Lipinski definition) is 2. The molecule has 1 heterocycles. The molecule has 0 aliphatic carbocycles. The first-order valence-corrected chi connectivity index (χ1v) is 4.80. The number of phenolic OH excluding ortho intramolecular Hbond substituents is 1. The Bertz CT molecular complexity index is 477. The molecule has 0 amide bonds. The molecule has 1 aromatic heterocycles. The fourth-order valence-corrected chi connectivity index (χ4v) is 1.65. The number of aromatic nitrogens is 1. The second kappa shape index (κ2) is 3.29. The summed E-state index contributed by atoms with van der Waals surface area (Å²) in [7, 11) is 0. The van der Waals surface area contributed by atoms with Crippen LogP contribution >= 0.6 is 0 Å². The quantitative estimate of drug-likeness (QED) is 0.744. The lowest BCUT2D eigenvalue weighted by Crippen LogP contribution is -1.91. The molecule has 0 atom stereocenters. The van der Waals surface area contributed by atoms with Crippen molar-refractivity contribution in [2.45, 2.75) is 20.3 Å². The molecule has 0 fully saturated rings. The van der Waals surface area contributed by atoms with Crippen molar-refractivity contribution >= 4 is 10.9 Å². The van der Waals surface area contributed by atoms with E-state index in [2.05, 4.69) is 18.0 Å². The lowest BCUT2D eigenvalue weighted by atomic mass is 10.1. The van der Waals surface area contributed by atoms with Crippen LogP contribution in [0.15, 0.2) is 24.3 Å². The normalized spacial score (nSPS) is 10.7. The van der Waals surface area contributed by atoms with Gasteiger partial charge in [-0.3, -0.25) is 4.98 Å². The van der Waals surface area contributed by atoms with Crippen molar-refractivity contribution in [2.75, 3.05) is 0 Å². The second-order valence-electron chi connectivity index (χ2n) is 3.46. The molecule has 2 nitrogen and oxygen atoms in total. The summed E-state index contributed by atoms with van der Waals surface area (Å²) < 4.78 is 0. The summed E-state index contributed by atoms with van der Waals surface area (Å²) in [5.41, 5.74) is 3.17. The molecule has 1 aromatic carbocycles. The van der Waals surface area contributed by atoms with E-state index in [9.17, 15) is 5.11 Å². The molecular formula is C12H13NO. The van der Waals surface area contributed by atoms with Crippen molar-refractivity contribution in [3.63, 3.8) is 0 Å². The highest BCUT2D eigenvalue weighted by atomic mass is 16.3. The highest BCUT2D eigenvalue weighted by Crippen LogP contribution is 2.20. The van der Waals surface area contributed by atoms with Crippen molar-refractivity contribution in [1.82, 2.24) is 4.98 Å². The molecule has 2 heteroatoms. The van der Waals surface area contributed by atoms with E-state index >= 15 is 0 Å². The standard InChI is InChI=1S/C12H13NO/c1-3-9-6-10-4-5-11(14)7-12(10)13-8(9)2/h4-7,14H,3H2,1-2H3. The average Bonchev–Trinajstić information content (AvgIpc) is 2.16. The van der Waals surface area contributed by atoms with E-state index in [-0.39, 0.29) is 5.75 Å². The Morgan fingerprint density at radius 3 is 2.79 bits per heavy atom. The smallest absolute Gasteiger partial charge is 0.117 e. The van der Waals surface area contributed by atoms with E-state index in [0.29, 0.717) is 0 Å². The lowest BCUT2D eigenvalue weighted by molar-refractivity contribution is 0.476. The fraction of sp³-hybridized carbons (Fsp3) is 0.250. The Hall–Kier alpha value is -1.57. The van der Waals surface area contributed by atoms with Crippen LogP contribution in [0.1, 0.15) is 18.2 Å². The summed E-state index contributed by atoms with van der Waals surface area (Å²) in [6, 6.07) is 7.42. The van der Waals surface area contributed by atoms with E-state index in [1.807, 2.05) is 13.0 Å². The maximum atomic E-state index is 9.31. The van der Waals surface area contributed by atoms with Gasteiger partial charge in [0.15, 0.2) is 0 Å². The number of aromatic hydroxyl groups is 1. The van der Waals surface area contributed by atoms with Crippen LogP contribution in [0, 0.1) is 6.92 Å². The molecule has 2 rings (SSSR count). The highest BCUT2D eigenvalue weighted by Gasteiger charge is 2.01. The minimum absolute atomic E-state index is 0.272. The van der Waals surface area contributed by atoms with Crippen molar-refractivity contribution < 1.29 is 5.11 Å². The SMILES string of the molecule is CCc1cc2ccc(O)cc2nc1C. The van der Waals surface area contributed by atoms with E-state index in [1.54, 1.807) is 12.1 Å². The average molecular weight is 187 g/mol. The van der Waals surface area contributed by atoms with Crippen molar-refractivity contribution in [3.8, 4) is 5.75 Å². The summed E-state index contributed by atoms with van der Waals surface area (Å²) >= 11 is 0. The van der Waals surface area contributed by atoms with Gasteiger partial charge in [0.2, 0.25) is 0 Å². The molecule has 0 bridgehead atoms. The maximum Gasteiger partial charge on any atom is 0.117 e. The van der Waals surface area contributed by atoms with Gasteiger partial charge in [0.1, 0.15) is 5.75 Å². The molecule has 14 heavy (non-hydrogen) atoms. The maximum absolute atomic E-state index is 9.31. The van der Waals surface area contributed by atoms with E-state index in [4.69, 9.17) is 0 Å². The molecule has 0 spiro atoms. The Morgan fingerprint density at radius 2 is 2.07 bits per heavy atom. The van der Waals surface area contributed by atoms with Crippen LogP contribution in [-0.4, -0.2) is 10.1 Å². The van der Waals surface area contributed by atoms with Crippen molar-refractivity contribution in [3.05, 3.63) is 35.5 Å². The van der Waals surface area contributed by atoms with E-state index in [0.717, 1.165) is 23.0 Å². The fourth-order valence-electron chi connectivity index (χ4n) is 1.65. The van der Waals surface area contributed by atoms with Crippen molar-refractivity contribution in [2.24, 2.45) is 0 Å². The van der Waals surface area contributed by atoms with Crippen molar-refractivity contribution in [1.29, 1.82) is 0 Å². The Labute approximate surface area is 83.2 Å². The minimum atomic E-state index is 0.272. The third kappa shape index (κ3) is 1.43. The Morgan fingerprint density at radius 1 is 1.29 bits per heavy atom. The zero-order valence-corrected chi connectivity index (χ0v) is 8.41. The number of pyridine rings is 1. The molecule has 0 saturated carbocycles. The molecule has 0 saturated heterocycles. The zero-order chi connectivity index (χ0) is 10.1. The van der Waals surface area contributed by atoms with Gasteiger partial charge >= 0.3 is 0 Å². The van der Waals surface area contributed by atoms with Crippen LogP contribution in [0.3, 0.4) is 0 Å². The van der Waals surface area contributed by atoms with Gasteiger partial charge in [-0.05, 0) is 37.1 Å². The van der Waals surface area contributed by atoms with Crippen LogP contribution in [-0.2, 0) is 6.42 Å². The van der Waals surface area contributed by atoms with E-state index in [1.165, 1.54) is 5.56 Å². The van der Waals surface area contributed by atoms with Crippen LogP contribution in [0.4, 0.5) is 0 Å². The molecule has 0 aliphatic heterocycles. The highest BCUT2D eigenvalue weighted by molar-refractivity contribution is 5.80. The number of fused-ring (bicyclic) bond motifs is 1. The third-order valence-electron chi connectivity index (χ3n) is 2.48. The molecule has 0 unspecified atom stereocenters. The van der Waals surface area contributed by atoms with Gasteiger partial charge in [-0.1, -0.05) is 6.92 Å². The molecule has 0 aliphatic rings. The number of rotatable bonds is 1. The molecule has 2 aromatic rings. The predicted molar refractivity (Wildman–Crippen MR) is 57.5 cm³/mol. The van der Waals surface area contributed by atoms with Gasteiger partial charge in [0, 0.05) is 17.1 Å². The first-order chi connectivity index (χ1) is 6.70. The molecule has 0 radical (unpaired) electrons. The van der Waals surface area contributed by atoms with Gasteiger partial charge in [0.05, 0.1) is 5.52 Å². The molecule has 1 N–H and O–H groups in total. The summed E-state index contributed by atoms with van der Waals surface area (Å²) in [6.07, 6.45) is 0.996. The zero-order valence-electron chi connectivity index (χ0n) is 8.41. The Kier molecular flexibility index (Phi) is 2.12. The monoisotopic (exact) mass is 187 g/mol. The van der Waals surface area contributed by atoms with E-state index < -0.39 is 0 Å². The van der Waals surface area contributed by atoms with Crippen LogP contribution < -0.4 is 0 Å². The van der Waals surface area contributed by atoms with Crippen LogP contribution in [0.2, 0.25) is 0 Å². The van der Waals surface area contributed by atoms with Gasteiger partial charge in [-0.2, -0.15) is 0 Å². The topological polar surface area (TPSA) is 33.1 Å². The van der Waals surface area contributed by atoms with Gasteiger partial charge in [-0.25, -0.2) is 0 Å². The van der Waals surface area contributed by atoms with Gasteiger partial charge in [0.25, 0.3) is 0 Å². The van der Waals surface area contributed by atoms with Crippen LogP contribution in [0.25, 0.3) is 10.9 Å². The number of aryl methyl sites for hydroxylation is 2. The summed E-state index contributed by atoms with van der Waals surface area (Å²) in [5.74, 6) is 0.272. The number of nitrogens with zero attached hydrogens (tertiary/aromatic N) is 1. The van der Waals surface area contributed by atoms with Crippen LogP contribution in [0.5, 0.6) is 5.75 Å². The predicted octanol–water partition coefficient (Wildman–Crippen LogP) is 2.81. The Balaban J connectivity index is 2.73. The first kappa shape index (κ1) is 9.00. The summed E-state index contributed by atoms with van der Waals surface area (Å²) in [6.45, 7) is 4.12. The molecule has 72 valence electrons. The largest absolute Gasteiger partial charge is 0.508 e. The second-order valence-corrected chi connectivity index (χ2v) is 3.46. The summed E-state index contributed by atoms with van der Waals surface area (Å²) in [5, 5.41) is 10.4. The lowest BCUT2D eigenvalue weighted by Gasteiger charge is -2.05. The molecular weight excluding hydrogens is 174 g/mol. The third-order valence-corrected chi connectivity index (χ3v) is 2.48. The van der Waals surface area contributed by atoms with Gasteiger partial charge < -0.3 is 5.11 Å². The number of phenols is 1. The summed E-state index contributed by atoms with van der Waals surface area (Å²) in [4.78, 5) is 4.45. The minimum Gasteiger partial charge on any atom is -0.508 e. The van der Waals surface area contributed by atoms with Gasteiger partial charge in [-0.15, -0.1) is 0 Å². The number of hydrogen-bond donors (Lipinski definition) is 1. The first-order valence-electron chi connectivity index (χ1n) is 4.80. The number of benzene rings is 1.